The lowest BCUT2D eigenvalue weighted by atomic mass is 9.83. The van der Waals surface area contributed by atoms with E-state index in [0.717, 1.165) is 17.0 Å². The van der Waals surface area contributed by atoms with Crippen LogP contribution in [0.2, 0.25) is 0 Å². The molecular weight excluding hydrogens is 502 g/mol. The number of amides is 2. The number of hydrogen-bond donors (Lipinski definition) is 1. The molecule has 2 aromatic heterocycles. The predicted molar refractivity (Wildman–Crippen MR) is 132 cm³/mol. The number of pyridine rings is 1. The molecule has 33 heavy (non-hydrogen) atoms. The van der Waals surface area contributed by atoms with Crippen molar-refractivity contribution in [1.29, 1.82) is 0 Å². The smallest absolute Gasteiger partial charge is 0.270 e. The molecule has 0 radical (unpaired) electrons. The summed E-state index contributed by atoms with van der Waals surface area (Å²) in [6, 6.07) is 16.3. The van der Waals surface area contributed by atoms with Crippen molar-refractivity contribution in [3.63, 3.8) is 0 Å². The molecule has 2 aliphatic rings. The van der Waals surface area contributed by atoms with E-state index < -0.39 is 0 Å². The van der Waals surface area contributed by atoms with Crippen molar-refractivity contribution < 1.29 is 9.59 Å². The SMILES string of the molecule is O=C(N/C(=C/c1cccs1)C(=O)N1C[C@@H]2C[C@@H](C1)c1cccc(=O)n1C2)c1ccccc1Br. The number of piperidine rings is 1. The van der Waals surface area contributed by atoms with E-state index in [-0.39, 0.29) is 34.9 Å². The van der Waals surface area contributed by atoms with Gasteiger partial charge < -0.3 is 14.8 Å². The topological polar surface area (TPSA) is 71.4 Å². The van der Waals surface area contributed by atoms with Gasteiger partial charge in [0.25, 0.3) is 17.4 Å². The van der Waals surface area contributed by atoms with Gasteiger partial charge in [0.15, 0.2) is 0 Å². The van der Waals surface area contributed by atoms with Crippen LogP contribution in [0.5, 0.6) is 0 Å². The van der Waals surface area contributed by atoms with Crippen LogP contribution in [0.3, 0.4) is 0 Å². The Hall–Kier alpha value is -2.97. The highest BCUT2D eigenvalue weighted by atomic mass is 79.9. The summed E-state index contributed by atoms with van der Waals surface area (Å²) in [5, 5.41) is 4.79. The Balaban J connectivity index is 1.43. The zero-order valence-electron chi connectivity index (χ0n) is 17.7. The lowest BCUT2D eigenvalue weighted by molar-refractivity contribution is -0.130. The van der Waals surface area contributed by atoms with Crippen LogP contribution in [-0.4, -0.2) is 34.4 Å². The summed E-state index contributed by atoms with van der Waals surface area (Å²) in [6.07, 6.45) is 2.70. The minimum Gasteiger partial charge on any atom is -0.336 e. The quantitative estimate of drug-likeness (QED) is 0.523. The molecule has 4 heterocycles. The third kappa shape index (κ3) is 4.45. The molecule has 3 aromatic rings. The molecule has 0 unspecified atom stereocenters. The molecule has 0 spiro atoms. The van der Waals surface area contributed by atoms with Crippen molar-refractivity contribution in [1.82, 2.24) is 14.8 Å². The van der Waals surface area contributed by atoms with E-state index in [4.69, 9.17) is 0 Å². The molecule has 1 fully saturated rings. The third-order valence-electron chi connectivity index (χ3n) is 6.19. The van der Waals surface area contributed by atoms with E-state index >= 15 is 0 Å². The largest absolute Gasteiger partial charge is 0.336 e. The number of nitrogens with one attached hydrogen (secondary N) is 1. The number of aromatic nitrogens is 1. The lowest BCUT2D eigenvalue weighted by Crippen LogP contribution is -2.50. The zero-order chi connectivity index (χ0) is 22.9. The second kappa shape index (κ2) is 9.11. The Morgan fingerprint density at radius 3 is 2.67 bits per heavy atom. The lowest BCUT2D eigenvalue weighted by Gasteiger charge is -2.43. The summed E-state index contributed by atoms with van der Waals surface area (Å²) in [4.78, 5) is 41.7. The van der Waals surface area contributed by atoms with Crippen LogP contribution in [-0.2, 0) is 11.3 Å². The Morgan fingerprint density at radius 2 is 1.88 bits per heavy atom. The van der Waals surface area contributed by atoms with Gasteiger partial charge in [-0.15, -0.1) is 11.3 Å². The van der Waals surface area contributed by atoms with Crippen LogP contribution in [0.25, 0.3) is 6.08 Å². The monoisotopic (exact) mass is 523 g/mol. The van der Waals surface area contributed by atoms with Crippen LogP contribution in [0, 0.1) is 5.92 Å². The summed E-state index contributed by atoms with van der Waals surface area (Å²) in [6.45, 7) is 1.69. The van der Waals surface area contributed by atoms with Gasteiger partial charge in [-0.25, -0.2) is 0 Å². The van der Waals surface area contributed by atoms with Crippen molar-refractivity contribution in [3.8, 4) is 0 Å². The zero-order valence-corrected chi connectivity index (χ0v) is 20.1. The Morgan fingerprint density at radius 1 is 1.03 bits per heavy atom. The van der Waals surface area contributed by atoms with Gasteiger partial charge in [-0.2, -0.15) is 0 Å². The van der Waals surface area contributed by atoms with Crippen molar-refractivity contribution in [2.75, 3.05) is 13.1 Å². The van der Waals surface area contributed by atoms with E-state index in [9.17, 15) is 14.4 Å². The number of halogens is 1. The Bertz CT molecular complexity index is 1300. The van der Waals surface area contributed by atoms with Gasteiger partial charge in [-0.1, -0.05) is 24.3 Å². The third-order valence-corrected chi connectivity index (χ3v) is 7.70. The maximum Gasteiger partial charge on any atom is 0.270 e. The molecule has 0 saturated carbocycles. The second-order valence-electron chi connectivity index (χ2n) is 8.42. The average Bonchev–Trinajstić information content (AvgIpc) is 3.32. The number of likely N-dealkylation sites (tertiary alicyclic amines) is 1. The van der Waals surface area contributed by atoms with E-state index in [0.29, 0.717) is 29.7 Å². The molecule has 0 aliphatic carbocycles. The maximum absolute atomic E-state index is 13.7. The molecule has 8 heteroatoms. The van der Waals surface area contributed by atoms with Gasteiger partial charge >= 0.3 is 0 Å². The molecule has 2 aliphatic heterocycles. The van der Waals surface area contributed by atoms with E-state index in [2.05, 4.69) is 21.2 Å². The summed E-state index contributed by atoms with van der Waals surface area (Å²) in [5.41, 5.74) is 1.72. The molecule has 6 nitrogen and oxygen atoms in total. The number of fused-ring (bicyclic) bond motifs is 4. The van der Waals surface area contributed by atoms with Gasteiger partial charge in [-0.3, -0.25) is 14.4 Å². The minimum absolute atomic E-state index is 0.0148. The number of carbonyl (C=O) groups excluding carboxylic acids is 2. The van der Waals surface area contributed by atoms with Crippen LogP contribution < -0.4 is 10.9 Å². The molecule has 168 valence electrons. The standard InChI is InChI=1S/C25H22BrN3O3S/c26-20-7-2-1-6-19(20)24(31)27-21(12-18-5-4-10-33-18)25(32)28-13-16-11-17(15-28)22-8-3-9-23(30)29(22)14-16/h1-10,12,16-17H,11,13-15H2,(H,27,31)/b21-12+/t16-,17-/m0/s1. The molecule has 2 atom stereocenters. The fraction of sp³-hybridized carbons (Fsp3) is 0.240. The van der Waals surface area contributed by atoms with Crippen LogP contribution in [0.4, 0.5) is 0 Å². The first-order valence-corrected chi connectivity index (χ1v) is 12.5. The van der Waals surface area contributed by atoms with Crippen molar-refractivity contribution in [3.05, 3.63) is 96.6 Å². The van der Waals surface area contributed by atoms with Crippen LogP contribution in [0.15, 0.2) is 74.9 Å². The molecule has 1 saturated heterocycles. The van der Waals surface area contributed by atoms with E-state index in [1.54, 1.807) is 36.4 Å². The van der Waals surface area contributed by atoms with Crippen molar-refractivity contribution in [2.24, 2.45) is 5.92 Å². The van der Waals surface area contributed by atoms with Crippen LogP contribution >= 0.6 is 27.3 Å². The first-order chi connectivity index (χ1) is 16.0. The minimum atomic E-state index is -0.340. The second-order valence-corrected chi connectivity index (χ2v) is 10.2. The Labute approximate surface area is 203 Å². The molecule has 5 rings (SSSR count). The molecule has 2 amide bonds. The van der Waals surface area contributed by atoms with E-state index in [1.807, 2.05) is 39.1 Å². The van der Waals surface area contributed by atoms with Gasteiger partial charge in [0.1, 0.15) is 5.70 Å². The van der Waals surface area contributed by atoms with Crippen LogP contribution in [0.1, 0.15) is 33.3 Å². The number of carbonyl (C=O) groups is 2. The van der Waals surface area contributed by atoms with Gasteiger partial charge in [0.05, 0.1) is 5.56 Å². The predicted octanol–water partition coefficient (Wildman–Crippen LogP) is 4.09. The highest BCUT2D eigenvalue weighted by Gasteiger charge is 2.37. The highest BCUT2D eigenvalue weighted by molar-refractivity contribution is 9.10. The summed E-state index contributed by atoms with van der Waals surface area (Å²) in [5.74, 6) is -0.225. The van der Waals surface area contributed by atoms with Crippen molar-refractivity contribution in [2.45, 2.75) is 18.9 Å². The van der Waals surface area contributed by atoms with E-state index in [1.165, 1.54) is 11.3 Å². The number of nitrogens with zero attached hydrogens (tertiary/aromatic N) is 2. The summed E-state index contributed by atoms with van der Waals surface area (Å²) < 4.78 is 2.51. The fourth-order valence-corrected chi connectivity index (χ4v) is 5.86. The molecular formula is C25H22BrN3O3S. The average molecular weight is 524 g/mol. The maximum atomic E-state index is 13.7. The normalized spacial score (nSPS) is 19.7. The molecule has 2 bridgehead atoms. The number of thiophene rings is 1. The summed E-state index contributed by atoms with van der Waals surface area (Å²) in [7, 11) is 0. The first kappa shape index (κ1) is 21.9. The summed E-state index contributed by atoms with van der Waals surface area (Å²) >= 11 is 4.92. The molecule has 1 N–H and O–H groups in total. The fourth-order valence-electron chi connectivity index (χ4n) is 4.73. The number of benzene rings is 1. The molecule has 1 aromatic carbocycles. The van der Waals surface area contributed by atoms with Crippen molar-refractivity contribution >= 4 is 45.2 Å². The highest BCUT2D eigenvalue weighted by Crippen LogP contribution is 2.35. The first-order valence-electron chi connectivity index (χ1n) is 10.8. The van der Waals surface area contributed by atoms with Gasteiger partial charge in [0.2, 0.25) is 0 Å². The van der Waals surface area contributed by atoms with Gasteiger partial charge in [-0.05, 0) is 64.0 Å². The Kier molecular flexibility index (Phi) is 6.03. The number of hydrogen-bond acceptors (Lipinski definition) is 4. The number of rotatable bonds is 4. The van der Waals surface area contributed by atoms with Gasteiger partial charge in [0, 0.05) is 46.7 Å².